The molecule has 0 heterocycles. The van der Waals surface area contributed by atoms with Gasteiger partial charge in [0, 0.05) is 24.9 Å². The van der Waals surface area contributed by atoms with E-state index in [0.29, 0.717) is 11.1 Å². The largest absolute Gasteiger partial charge is 0.458 e. The van der Waals surface area contributed by atoms with Crippen LogP contribution in [0.25, 0.3) is 0 Å². The SMILES string of the molecule is C#Cc1ccc(C(C(=O)NC(Cc2ccccc2)C(=O)OC(C)(C)C)N(CC=C)C(=O)C(Cc2ccccc2)NC(=O)OC(C)(C)C)cc1. The third kappa shape index (κ3) is 12.3. The number of carbonyl (C=O) groups excluding carboxylic acids is 4. The van der Waals surface area contributed by atoms with E-state index >= 15 is 0 Å². The average molecular weight is 666 g/mol. The minimum atomic E-state index is -1.25. The van der Waals surface area contributed by atoms with Crippen LogP contribution in [0.1, 0.15) is 69.8 Å². The van der Waals surface area contributed by atoms with E-state index < -0.39 is 53.2 Å². The topological polar surface area (TPSA) is 114 Å². The summed E-state index contributed by atoms with van der Waals surface area (Å²) in [5.41, 5.74) is 0.963. The maximum atomic E-state index is 14.6. The molecule has 0 aliphatic carbocycles. The Morgan fingerprint density at radius 2 is 1.29 bits per heavy atom. The van der Waals surface area contributed by atoms with E-state index in [-0.39, 0.29) is 19.4 Å². The number of rotatable bonds is 13. The Labute approximate surface area is 290 Å². The van der Waals surface area contributed by atoms with Crippen molar-refractivity contribution < 1.29 is 28.7 Å². The van der Waals surface area contributed by atoms with Gasteiger partial charge in [-0.2, -0.15) is 0 Å². The molecule has 0 bridgehead atoms. The van der Waals surface area contributed by atoms with E-state index in [2.05, 4.69) is 23.1 Å². The minimum Gasteiger partial charge on any atom is -0.458 e. The van der Waals surface area contributed by atoms with E-state index in [1.807, 2.05) is 60.7 Å². The van der Waals surface area contributed by atoms with Crippen LogP contribution in [0.2, 0.25) is 0 Å². The summed E-state index contributed by atoms with van der Waals surface area (Å²) in [6, 6.07) is 21.6. The summed E-state index contributed by atoms with van der Waals surface area (Å²) in [6.07, 6.45) is 6.58. The molecular weight excluding hydrogens is 618 g/mol. The molecule has 9 nitrogen and oxygen atoms in total. The van der Waals surface area contributed by atoms with Gasteiger partial charge in [0.25, 0.3) is 0 Å². The van der Waals surface area contributed by atoms with Gasteiger partial charge in [-0.1, -0.05) is 84.8 Å². The van der Waals surface area contributed by atoms with E-state index in [9.17, 15) is 19.2 Å². The first kappa shape index (κ1) is 38.1. The van der Waals surface area contributed by atoms with Gasteiger partial charge < -0.3 is 25.0 Å². The fourth-order valence-corrected chi connectivity index (χ4v) is 5.06. The summed E-state index contributed by atoms with van der Waals surface area (Å²) < 4.78 is 11.2. The van der Waals surface area contributed by atoms with E-state index in [0.717, 1.165) is 11.1 Å². The predicted molar refractivity (Wildman–Crippen MR) is 190 cm³/mol. The summed E-state index contributed by atoms with van der Waals surface area (Å²) in [5.74, 6) is 0.742. The number of terminal acetylenes is 1. The van der Waals surface area contributed by atoms with E-state index in [1.54, 1.807) is 65.8 Å². The van der Waals surface area contributed by atoms with Crippen LogP contribution >= 0.6 is 0 Å². The summed E-state index contributed by atoms with van der Waals surface area (Å²) in [6.45, 7) is 14.2. The number of carbonyl (C=O) groups is 4. The molecule has 3 amide bonds. The Kier molecular flexibility index (Phi) is 13.3. The quantitative estimate of drug-likeness (QED) is 0.133. The Bertz CT molecular complexity index is 1620. The molecule has 0 radical (unpaired) electrons. The van der Waals surface area contributed by atoms with Crippen molar-refractivity contribution in [1.82, 2.24) is 15.5 Å². The second kappa shape index (κ2) is 17.2. The second-order valence-electron chi connectivity index (χ2n) is 13.6. The van der Waals surface area contributed by atoms with Crippen LogP contribution in [0, 0.1) is 12.3 Å². The fraction of sp³-hybridized carbons (Fsp3) is 0.350. The summed E-state index contributed by atoms with van der Waals surface area (Å²) in [7, 11) is 0. The molecule has 0 aromatic heterocycles. The molecule has 0 spiro atoms. The first-order chi connectivity index (χ1) is 23.1. The molecule has 0 aliphatic heterocycles. The lowest BCUT2D eigenvalue weighted by Crippen LogP contribution is -2.55. The van der Waals surface area contributed by atoms with Gasteiger partial charge in [0.05, 0.1) is 0 Å². The Hall–Kier alpha value is -5.36. The van der Waals surface area contributed by atoms with Crippen molar-refractivity contribution in [2.45, 2.75) is 83.7 Å². The average Bonchev–Trinajstić information content (AvgIpc) is 3.03. The zero-order valence-electron chi connectivity index (χ0n) is 29.2. The zero-order valence-corrected chi connectivity index (χ0v) is 29.2. The van der Waals surface area contributed by atoms with Crippen LogP contribution in [0.3, 0.4) is 0 Å². The second-order valence-corrected chi connectivity index (χ2v) is 13.6. The lowest BCUT2D eigenvalue weighted by Gasteiger charge is -2.35. The molecular formula is C40H47N3O6. The monoisotopic (exact) mass is 665 g/mol. The standard InChI is InChI=1S/C40H47N3O6/c1-9-25-43(36(45)32(26-29-17-13-11-14-18-29)42-38(47)49-40(6,7)8)34(31-23-21-28(10-2)22-24-31)35(44)41-33(37(46)48-39(3,4)5)27-30-19-15-12-16-20-30/h2,9,11-24,32-34H,1,25-27H2,3-8H3,(H,41,44)(H,42,47). The summed E-state index contributed by atoms with van der Waals surface area (Å²) >= 11 is 0. The van der Waals surface area contributed by atoms with Gasteiger partial charge in [-0.05, 0) is 70.4 Å². The number of amides is 3. The van der Waals surface area contributed by atoms with Crippen molar-refractivity contribution in [2.24, 2.45) is 0 Å². The molecule has 9 heteroatoms. The van der Waals surface area contributed by atoms with Gasteiger partial charge >= 0.3 is 12.1 Å². The molecule has 258 valence electrons. The van der Waals surface area contributed by atoms with Crippen molar-refractivity contribution in [3.63, 3.8) is 0 Å². The number of nitrogens with zero attached hydrogens (tertiary/aromatic N) is 1. The number of hydrogen-bond acceptors (Lipinski definition) is 6. The molecule has 3 aromatic rings. The number of alkyl carbamates (subject to hydrolysis) is 1. The van der Waals surface area contributed by atoms with Gasteiger partial charge in [-0.15, -0.1) is 13.0 Å². The lowest BCUT2D eigenvalue weighted by molar-refractivity contribution is -0.159. The van der Waals surface area contributed by atoms with Crippen LogP contribution in [0.4, 0.5) is 4.79 Å². The predicted octanol–water partition coefficient (Wildman–Crippen LogP) is 5.93. The highest BCUT2D eigenvalue weighted by atomic mass is 16.6. The van der Waals surface area contributed by atoms with Crippen molar-refractivity contribution in [1.29, 1.82) is 0 Å². The Morgan fingerprint density at radius 3 is 1.76 bits per heavy atom. The molecule has 3 unspecified atom stereocenters. The number of nitrogens with one attached hydrogen (secondary N) is 2. The van der Waals surface area contributed by atoms with Crippen molar-refractivity contribution >= 4 is 23.9 Å². The van der Waals surface area contributed by atoms with E-state index in [4.69, 9.17) is 15.9 Å². The van der Waals surface area contributed by atoms with Gasteiger partial charge in [0.1, 0.15) is 29.3 Å². The third-order valence-corrected chi connectivity index (χ3v) is 7.12. The van der Waals surface area contributed by atoms with Gasteiger partial charge in [-0.25, -0.2) is 9.59 Å². The van der Waals surface area contributed by atoms with Crippen LogP contribution in [-0.4, -0.2) is 58.6 Å². The molecule has 0 saturated carbocycles. The molecule has 0 fully saturated rings. The van der Waals surface area contributed by atoms with Crippen molar-refractivity contribution in [3.8, 4) is 12.3 Å². The van der Waals surface area contributed by atoms with Gasteiger partial charge in [-0.3, -0.25) is 9.59 Å². The molecule has 0 saturated heterocycles. The van der Waals surface area contributed by atoms with Crippen LogP contribution < -0.4 is 10.6 Å². The maximum Gasteiger partial charge on any atom is 0.408 e. The van der Waals surface area contributed by atoms with Crippen molar-refractivity contribution in [3.05, 3.63) is 120 Å². The molecule has 3 rings (SSSR count). The molecule has 3 atom stereocenters. The number of benzene rings is 3. The lowest BCUT2D eigenvalue weighted by atomic mass is 9.98. The molecule has 49 heavy (non-hydrogen) atoms. The zero-order chi connectivity index (χ0) is 36.2. The Balaban J connectivity index is 2.09. The highest BCUT2D eigenvalue weighted by Gasteiger charge is 2.38. The smallest absolute Gasteiger partial charge is 0.408 e. The summed E-state index contributed by atoms with van der Waals surface area (Å²) in [5, 5.41) is 5.60. The molecule has 0 aliphatic rings. The first-order valence-electron chi connectivity index (χ1n) is 16.2. The number of esters is 1. The van der Waals surface area contributed by atoms with Crippen LogP contribution in [0.15, 0.2) is 97.6 Å². The van der Waals surface area contributed by atoms with Crippen LogP contribution in [0.5, 0.6) is 0 Å². The summed E-state index contributed by atoms with van der Waals surface area (Å²) in [4.78, 5) is 56.9. The fourth-order valence-electron chi connectivity index (χ4n) is 5.06. The normalized spacial score (nSPS) is 13.1. The third-order valence-electron chi connectivity index (χ3n) is 7.12. The molecule has 2 N–H and O–H groups in total. The number of ether oxygens (including phenoxy) is 2. The van der Waals surface area contributed by atoms with Gasteiger partial charge in [0.2, 0.25) is 11.8 Å². The Morgan fingerprint density at radius 1 is 0.776 bits per heavy atom. The highest BCUT2D eigenvalue weighted by molar-refractivity contribution is 5.94. The first-order valence-corrected chi connectivity index (χ1v) is 16.2. The minimum absolute atomic E-state index is 0.0646. The van der Waals surface area contributed by atoms with Crippen LogP contribution in [-0.2, 0) is 36.7 Å². The van der Waals surface area contributed by atoms with Crippen molar-refractivity contribution in [2.75, 3.05) is 6.54 Å². The van der Waals surface area contributed by atoms with Gasteiger partial charge in [0.15, 0.2) is 0 Å². The highest BCUT2D eigenvalue weighted by Crippen LogP contribution is 2.25. The number of hydrogen-bond donors (Lipinski definition) is 2. The maximum absolute atomic E-state index is 14.6. The molecule has 3 aromatic carbocycles. The van der Waals surface area contributed by atoms with E-state index in [1.165, 1.54) is 11.0 Å².